The molecule has 2 aliphatic carbocycles. The smallest absolute Gasteiger partial charge is 0.407 e. The molecule has 2 amide bonds. The van der Waals surface area contributed by atoms with E-state index in [1.54, 1.807) is 4.90 Å². The molecule has 3 aliphatic rings. The molecule has 0 aromatic heterocycles. The van der Waals surface area contributed by atoms with E-state index in [0.29, 0.717) is 19.3 Å². The molecule has 0 spiro atoms. The zero-order valence-corrected chi connectivity index (χ0v) is 19.7. The molecule has 7 nitrogen and oxygen atoms in total. The second-order valence-electron chi connectivity index (χ2n) is 9.76. The number of benzene rings is 2. The molecule has 35 heavy (non-hydrogen) atoms. The Labute approximate surface area is 204 Å². The number of hydrogen-bond acceptors (Lipinski definition) is 4. The Hall–Kier alpha value is -3.61. The Morgan fingerprint density at radius 2 is 1.66 bits per heavy atom. The molecule has 1 heterocycles. The van der Waals surface area contributed by atoms with Crippen molar-refractivity contribution in [3.8, 4) is 11.1 Å². The fraction of sp³-hybridized carbons (Fsp3) is 0.393. The molecule has 2 aromatic rings. The lowest BCUT2D eigenvalue weighted by molar-refractivity contribution is -0.148. The zero-order chi connectivity index (χ0) is 24.5. The van der Waals surface area contributed by atoms with Crippen LogP contribution >= 0.6 is 0 Å². The third-order valence-electron chi connectivity index (χ3n) is 7.56. The number of piperidine rings is 1. The van der Waals surface area contributed by atoms with E-state index in [-0.39, 0.29) is 43.0 Å². The predicted octanol–water partition coefficient (Wildman–Crippen LogP) is 4.18. The van der Waals surface area contributed by atoms with Gasteiger partial charge >= 0.3 is 12.1 Å². The first-order chi connectivity index (χ1) is 16.9. The number of alkyl carbamates (subject to hydrolysis) is 1. The summed E-state index contributed by atoms with van der Waals surface area (Å²) in [5.41, 5.74) is 4.66. The Morgan fingerprint density at radius 1 is 1.00 bits per heavy atom. The van der Waals surface area contributed by atoms with E-state index in [2.05, 4.69) is 29.6 Å². The minimum atomic E-state index is -0.855. The molecule has 1 saturated heterocycles. The maximum Gasteiger partial charge on any atom is 0.407 e. The number of nitrogens with one attached hydrogen (secondary N) is 1. The van der Waals surface area contributed by atoms with Gasteiger partial charge in [0.1, 0.15) is 6.61 Å². The second-order valence-corrected chi connectivity index (χ2v) is 9.76. The molecular weight excluding hydrogens is 444 g/mol. The predicted molar refractivity (Wildman–Crippen MR) is 131 cm³/mol. The minimum absolute atomic E-state index is 0.00985. The lowest BCUT2D eigenvalue weighted by atomic mass is 9.92. The Morgan fingerprint density at radius 3 is 2.31 bits per heavy atom. The van der Waals surface area contributed by atoms with Crippen LogP contribution in [0, 0.1) is 11.8 Å². The van der Waals surface area contributed by atoms with Crippen LogP contribution in [0.4, 0.5) is 4.79 Å². The highest BCUT2D eigenvalue weighted by Crippen LogP contribution is 2.44. The standard InChI is InChI=1S/C28H30N2O5/c1-17-10-11-19(27(32)33)15-30(17)26(31)18-12-13-20(14-18)29-28(34)35-16-25-23-8-4-2-6-21(23)22-7-3-5-9-24(22)25/h2-9,12-13,17-20,25H,10-11,14-16H2,1H3,(H,29,34)(H,32,33). The Kier molecular flexibility index (Phi) is 6.32. The van der Waals surface area contributed by atoms with Crippen molar-refractivity contribution < 1.29 is 24.2 Å². The van der Waals surface area contributed by atoms with Gasteiger partial charge in [0.25, 0.3) is 0 Å². The summed E-state index contributed by atoms with van der Waals surface area (Å²) in [6.07, 6.45) is 4.85. The fourth-order valence-corrected chi connectivity index (χ4v) is 5.61. The van der Waals surface area contributed by atoms with Gasteiger partial charge in [0.05, 0.1) is 17.9 Å². The van der Waals surface area contributed by atoms with Crippen LogP contribution in [-0.4, -0.2) is 53.2 Å². The summed E-state index contributed by atoms with van der Waals surface area (Å²) < 4.78 is 5.63. The first-order valence-electron chi connectivity index (χ1n) is 12.3. The normalized spacial score (nSPS) is 25.1. The highest BCUT2D eigenvalue weighted by Gasteiger charge is 2.37. The molecule has 1 aliphatic heterocycles. The second kappa shape index (κ2) is 9.56. The number of carbonyl (C=O) groups is 3. The third-order valence-corrected chi connectivity index (χ3v) is 7.56. The van der Waals surface area contributed by atoms with Crippen molar-refractivity contribution in [1.82, 2.24) is 10.2 Å². The molecule has 0 saturated carbocycles. The first kappa shape index (κ1) is 23.1. The average molecular weight is 475 g/mol. The number of fused-ring (bicyclic) bond motifs is 3. The van der Waals surface area contributed by atoms with Crippen LogP contribution < -0.4 is 5.32 Å². The number of hydrogen-bond donors (Lipinski definition) is 2. The number of likely N-dealkylation sites (tertiary alicyclic amines) is 1. The monoisotopic (exact) mass is 474 g/mol. The van der Waals surface area contributed by atoms with E-state index < -0.39 is 18.0 Å². The summed E-state index contributed by atoms with van der Waals surface area (Å²) >= 11 is 0. The molecule has 0 radical (unpaired) electrons. The van der Waals surface area contributed by atoms with Crippen molar-refractivity contribution >= 4 is 18.0 Å². The van der Waals surface area contributed by atoms with Gasteiger partial charge in [-0.15, -0.1) is 0 Å². The van der Waals surface area contributed by atoms with E-state index in [9.17, 15) is 19.5 Å². The number of amides is 2. The number of aliphatic carboxylic acids is 1. The largest absolute Gasteiger partial charge is 0.481 e. The molecule has 4 unspecified atom stereocenters. The molecule has 0 bridgehead atoms. The SMILES string of the molecule is CC1CCC(C(=O)O)CN1C(=O)C1C=CC(NC(=O)OCC2c3ccccc3-c3ccccc32)C1. The van der Waals surface area contributed by atoms with Crippen LogP contribution in [0.5, 0.6) is 0 Å². The molecule has 182 valence electrons. The van der Waals surface area contributed by atoms with Crippen molar-refractivity contribution in [3.63, 3.8) is 0 Å². The van der Waals surface area contributed by atoms with Gasteiger partial charge in [-0.3, -0.25) is 9.59 Å². The number of rotatable bonds is 5. The van der Waals surface area contributed by atoms with E-state index in [4.69, 9.17) is 4.74 Å². The van der Waals surface area contributed by atoms with Crippen LogP contribution in [0.15, 0.2) is 60.7 Å². The summed E-state index contributed by atoms with van der Waals surface area (Å²) in [5, 5.41) is 12.2. The number of carboxylic acids is 1. The van der Waals surface area contributed by atoms with Crippen molar-refractivity contribution in [2.45, 2.75) is 44.2 Å². The fourth-order valence-electron chi connectivity index (χ4n) is 5.61. The van der Waals surface area contributed by atoms with Gasteiger partial charge in [-0.1, -0.05) is 60.7 Å². The molecule has 7 heteroatoms. The maximum atomic E-state index is 13.1. The van der Waals surface area contributed by atoms with E-state index in [1.807, 2.05) is 43.3 Å². The van der Waals surface area contributed by atoms with Gasteiger partial charge in [0, 0.05) is 18.5 Å². The first-order valence-corrected chi connectivity index (χ1v) is 12.3. The highest BCUT2D eigenvalue weighted by molar-refractivity contribution is 5.83. The van der Waals surface area contributed by atoms with Crippen LogP contribution in [0.1, 0.15) is 43.2 Å². The summed E-state index contributed by atoms with van der Waals surface area (Å²) in [5.74, 6) is -1.83. The van der Waals surface area contributed by atoms with E-state index >= 15 is 0 Å². The minimum Gasteiger partial charge on any atom is -0.481 e. The van der Waals surface area contributed by atoms with E-state index in [0.717, 1.165) is 11.1 Å². The van der Waals surface area contributed by atoms with Gasteiger partial charge in [-0.25, -0.2) is 4.79 Å². The quantitative estimate of drug-likeness (QED) is 0.634. The summed E-state index contributed by atoms with van der Waals surface area (Å²) in [7, 11) is 0. The number of ether oxygens (including phenoxy) is 1. The third kappa shape index (κ3) is 4.55. The zero-order valence-electron chi connectivity index (χ0n) is 19.7. The van der Waals surface area contributed by atoms with Crippen molar-refractivity contribution in [2.24, 2.45) is 11.8 Å². The van der Waals surface area contributed by atoms with Gasteiger partial charge in [-0.2, -0.15) is 0 Å². The molecule has 4 atom stereocenters. The number of carboxylic acid groups (broad SMARTS) is 1. The van der Waals surface area contributed by atoms with Gasteiger partial charge in [0.2, 0.25) is 5.91 Å². The topological polar surface area (TPSA) is 95.9 Å². The lowest BCUT2D eigenvalue weighted by Gasteiger charge is -2.37. The Balaban J connectivity index is 1.16. The molecule has 2 N–H and O–H groups in total. The van der Waals surface area contributed by atoms with Crippen LogP contribution in [-0.2, 0) is 14.3 Å². The van der Waals surface area contributed by atoms with Crippen molar-refractivity contribution in [1.29, 1.82) is 0 Å². The van der Waals surface area contributed by atoms with Crippen molar-refractivity contribution in [3.05, 3.63) is 71.8 Å². The van der Waals surface area contributed by atoms with E-state index in [1.165, 1.54) is 11.1 Å². The molecule has 1 fully saturated rings. The maximum absolute atomic E-state index is 13.1. The summed E-state index contributed by atoms with van der Waals surface area (Å²) in [4.78, 5) is 38.8. The molecule has 2 aromatic carbocycles. The Bertz CT molecular complexity index is 1130. The molecule has 5 rings (SSSR count). The summed E-state index contributed by atoms with van der Waals surface area (Å²) in [6.45, 7) is 2.44. The van der Waals surface area contributed by atoms with Crippen LogP contribution in [0.25, 0.3) is 11.1 Å². The lowest BCUT2D eigenvalue weighted by Crippen LogP contribution is -2.49. The highest BCUT2D eigenvalue weighted by atomic mass is 16.5. The number of carbonyl (C=O) groups excluding carboxylic acids is 2. The molecular formula is C28H30N2O5. The van der Waals surface area contributed by atoms with Crippen molar-refractivity contribution in [2.75, 3.05) is 13.2 Å². The average Bonchev–Trinajstić information content (AvgIpc) is 3.45. The van der Waals surface area contributed by atoms with Crippen LogP contribution in [0.2, 0.25) is 0 Å². The van der Waals surface area contributed by atoms with Crippen LogP contribution in [0.3, 0.4) is 0 Å². The number of nitrogens with zero attached hydrogens (tertiary/aromatic N) is 1. The summed E-state index contributed by atoms with van der Waals surface area (Å²) in [6, 6.07) is 16.1. The van der Waals surface area contributed by atoms with Gasteiger partial charge in [0.15, 0.2) is 0 Å². The van der Waals surface area contributed by atoms with Gasteiger partial charge < -0.3 is 20.1 Å². The van der Waals surface area contributed by atoms with Gasteiger partial charge in [-0.05, 0) is 48.4 Å².